The molecule has 0 spiro atoms. The number of esters is 1. The Bertz CT molecular complexity index is 551. The topological polar surface area (TPSA) is 56.1 Å². The monoisotopic (exact) mass is 273 g/mol. The summed E-state index contributed by atoms with van der Waals surface area (Å²) in [4.78, 5) is 16.0. The van der Waals surface area contributed by atoms with Crippen molar-refractivity contribution >= 4 is 5.97 Å². The third-order valence-corrected chi connectivity index (χ3v) is 3.19. The fourth-order valence-electron chi connectivity index (χ4n) is 2.07. The molecule has 0 bridgehead atoms. The summed E-state index contributed by atoms with van der Waals surface area (Å²) in [7, 11) is 1.40. The van der Waals surface area contributed by atoms with Crippen LogP contribution in [0.3, 0.4) is 0 Å². The first kappa shape index (κ1) is 14.3. The number of ether oxygens (including phenoxy) is 1. The van der Waals surface area contributed by atoms with Crippen molar-refractivity contribution in [2.75, 3.05) is 13.7 Å². The number of carbonyl (C=O) groups is 1. The maximum absolute atomic E-state index is 11.9. The average Bonchev–Trinajstić information content (AvgIpc) is 2.89. The van der Waals surface area contributed by atoms with Crippen LogP contribution in [-0.4, -0.2) is 29.2 Å². The quantitative estimate of drug-likeness (QED) is 0.814. The lowest BCUT2D eigenvalue weighted by atomic mass is 10.1. The van der Waals surface area contributed by atoms with E-state index in [4.69, 9.17) is 4.74 Å². The number of aryl methyl sites for hydroxylation is 1. The summed E-state index contributed by atoms with van der Waals surface area (Å²) in [5.74, 6) is 0.680. The minimum absolute atomic E-state index is 0.279. The SMILES string of the molecule is COC(=O)C(NCCn1ccnc1C)c1ccccc1. The molecule has 0 aliphatic carbocycles. The number of nitrogens with one attached hydrogen (secondary N) is 1. The van der Waals surface area contributed by atoms with Crippen LogP contribution in [0.2, 0.25) is 0 Å². The zero-order valence-corrected chi connectivity index (χ0v) is 11.7. The lowest BCUT2D eigenvalue weighted by Gasteiger charge is -2.17. The summed E-state index contributed by atoms with van der Waals surface area (Å²) in [5, 5.41) is 3.23. The van der Waals surface area contributed by atoms with Gasteiger partial charge in [0.25, 0.3) is 0 Å². The molecule has 2 rings (SSSR count). The Morgan fingerprint density at radius 1 is 1.40 bits per heavy atom. The summed E-state index contributed by atoms with van der Waals surface area (Å²) >= 11 is 0. The minimum Gasteiger partial charge on any atom is -0.468 e. The van der Waals surface area contributed by atoms with Gasteiger partial charge in [-0.15, -0.1) is 0 Å². The maximum atomic E-state index is 11.9. The first-order valence-electron chi connectivity index (χ1n) is 6.56. The van der Waals surface area contributed by atoms with Crippen LogP contribution in [0.15, 0.2) is 42.7 Å². The zero-order chi connectivity index (χ0) is 14.4. The number of carbonyl (C=O) groups excluding carboxylic acids is 1. The van der Waals surface area contributed by atoms with E-state index in [1.54, 1.807) is 6.20 Å². The first-order chi connectivity index (χ1) is 9.72. The summed E-state index contributed by atoms with van der Waals surface area (Å²) in [5.41, 5.74) is 0.904. The predicted octanol–water partition coefficient (Wildman–Crippen LogP) is 1.70. The Kier molecular flexibility index (Phi) is 4.90. The van der Waals surface area contributed by atoms with E-state index in [1.165, 1.54) is 7.11 Å². The molecule has 1 aromatic carbocycles. The molecule has 20 heavy (non-hydrogen) atoms. The Morgan fingerprint density at radius 3 is 2.75 bits per heavy atom. The van der Waals surface area contributed by atoms with Gasteiger partial charge in [-0.25, -0.2) is 9.78 Å². The Balaban J connectivity index is 1.99. The molecule has 1 heterocycles. The van der Waals surface area contributed by atoms with Crippen molar-refractivity contribution in [2.24, 2.45) is 0 Å². The highest BCUT2D eigenvalue weighted by molar-refractivity contribution is 5.77. The van der Waals surface area contributed by atoms with Gasteiger partial charge in [0.2, 0.25) is 0 Å². The third kappa shape index (κ3) is 3.45. The van der Waals surface area contributed by atoms with Gasteiger partial charge < -0.3 is 9.30 Å². The minimum atomic E-state index is -0.440. The first-order valence-corrected chi connectivity index (χ1v) is 6.56. The molecule has 0 saturated heterocycles. The molecule has 0 aliphatic rings. The molecule has 5 nitrogen and oxygen atoms in total. The molecule has 0 radical (unpaired) electrons. The van der Waals surface area contributed by atoms with Crippen molar-refractivity contribution in [3.05, 3.63) is 54.1 Å². The molecule has 1 N–H and O–H groups in total. The van der Waals surface area contributed by atoms with Crippen molar-refractivity contribution in [3.8, 4) is 0 Å². The van der Waals surface area contributed by atoms with Gasteiger partial charge in [0.05, 0.1) is 7.11 Å². The van der Waals surface area contributed by atoms with E-state index in [0.29, 0.717) is 6.54 Å². The van der Waals surface area contributed by atoms with Crippen LogP contribution in [0.4, 0.5) is 0 Å². The smallest absolute Gasteiger partial charge is 0.327 e. The van der Waals surface area contributed by atoms with Crippen molar-refractivity contribution in [1.29, 1.82) is 0 Å². The lowest BCUT2D eigenvalue weighted by Crippen LogP contribution is -2.32. The molecule has 1 aromatic heterocycles. The van der Waals surface area contributed by atoms with Crippen LogP contribution in [0, 0.1) is 6.92 Å². The number of imidazole rings is 1. The van der Waals surface area contributed by atoms with Gasteiger partial charge in [-0.2, -0.15) is 0 Å². The van der Waals surface area contributed by atoms with Gasteiger partial charge in [0, 0.05) is 25.5 Å². The van der Waals surface area contributed by atoms with Crippen LogP contribution >= 0.6 is 0 Å². The molecule has 0 amide bonds. The standard InChI is InChI=1S/C15H19N3O2/c1-12-16-8-10-18(12)11-9-17-14(15(19)20-2)13-6-4-3-5-7-13/h3-8,10,14,17H,9,11H2,1-2H3. The Labute approximate surface area is 118 Å². The van der Waals surface area contributed by atoms with E-state index >= 15 is 0 Å². The molecule has 5 heteroatoms. The second kappa shape index (κ2) is 6.86. The van der Waals surface area contributed by atoms with E-state index in [1.807, 2.05) is 48.0 Å². The molecule has 0 aliphatic heterocycles. The van der Waals surface area contributed by atoms with Crippen molar-refractivity contribution < 1.29 is 9.53 Å². The van der Waals surface area contributed by atoms with Crippen LogP contribution < -0.4 is 5.32 Å². The van der Waals surface area contributed by atoms with Crippen molar-refractivity contribution in [1.82, 2.24) is 14.9 Å². The number of hydrogen-bond acceptors (Lipinski definition) is 4. The highest BCUT2D eigenvalue weighted by atomic mass is 16.5. The number of methoxy groups -OCH3 is 1. The third-order valence-electron chi connectivity index (χ3n) is 3.19. The van der Waals surface area contributed by atoms with Crippen LogP contribution in [0.1, 0.15) is 17.4 Å². The van der Waals surface area contributed by atoms with E-state index in [2.05, 4.69) is 10.3 Å². The number of rotatable bonds is 6. The molecule has 1 unspecified atom stereocenters. The predicted molar refractivity (Wildman–Crippen MR) is 76.2 cm³/mol. The summed E-state index contributed by atoms with van der Waals surface area (Å²) < 4.78 is 6.89. The fraction of sp³-hybridized carbons (Fsp3) is 0.333. The maximum Gasteiger partial charge on any atom is 0.327 e. The largest absolute Gasteiger partial charge is 0.468 e. The summed E-state index contributed by atoms with van der Waals surface area (Å²) in [6.07, 6.45) is 3.69. The van der Waals surface area contributed by atoms with Gasteiger partial charge in [0.15, 0.2) is 0 Å². The molecule has 106 valence electrons. The van der Waals surface area contributed by atoms with Crippen LogP contribution in [0.5, 0.6) is 0 Å². The average molecular weight is 273 g/mol. The van der Waals surface area contributed by atoms with E-state index in [-0.39, 0.29) is 5.97 Å². The molecule has 2 aromatic rings. The fourth-order valence-corrected chi connectivity index (χ4v) is 2.07. The van der Waals surface area contributed by atoms with E-state index in [9.17, 15) is 4.79 Å². The molecular formula is C15H19N3O2. The van der Waals surface area contributed by atoms with Gasteiger partial charge in [-0.3, -0.25) is 5.32 Å². The van der Waals surface area contributed by atoms with Crippen molar-refractivity contribution in [2.45, 2.75) is 19.5 Å². The molecule has 1 atom stereocenters. The summed E-state index contributed by atoms with van der Waals surface area (Å²) in [6, 6.07) is 9.13. The lowest BCUT2D eigenvalue weighted by molar-refractivity contribution is -0.143. The van der Waals surface area contributed by atoms with Gasteiger partial charge in [0.1, 0.15) is 11.9 Å². The summed E-state index contributed by atoms with van der Waals surface area (Å²) in [6.45, 7) is 3.37. The molecule has 0 saturated carbocycles. The van der Waals surface area contributed by atoms with Gasteiger partial charge in [-0.05, 0) is 12.5 Å². The second-order valence-corrected chi connectivity index (χ2v) is 4.49. The van der Waals surface area contributed by atoms with Crippen LogP contribution in [-0.2, 0) is 16.1 Å². The number of benzene rings is 1. The van der Waals surface area contributed by atoms with Crippen LogP contribution in [0.25, 0.3) is 0 Å². The molecular weight excluding hydrogens is 254 g/mol. The Hall–Kier alpha value is -2.14. The van der Waals surface area contributed by atoms with Gasteiger partial charge >= 0.3 is 5.97 Å². The zero-order valence-electron chi connectivity index (χ0n) is 11.7. The normalized spacial score (nSPS) is 12.1. The highest BCUT2D eigenvalue weighted by Gasteiger charge is 2.20. The van der Waals surface area contributed by atoms with E-state index < -0.39 is 6.04 Å². The van der Waals surface area contributed by atoms with Crippen molar-refractivity contribution in [3.63, 3.8) is 0 Å². The molecule has 0 fully saturated rings. The number of nitrogens with zero attached hydrogens (tertiary/aromatic N) is 2. The second-order valence-electron chi connectivity index (χ2n) is 4.49. The highest BCUT2D eigenvalue weighted by Crippen LogP contribution is 2.13. The number of hydrogen-bond donors (Lipinski definition) is 1. The Morgan fingerprint density at radius 2 is 2.15 bits per heavy atom. The van der Waals surface area contributed by atoms with Gasteiger partial charge in [-0.1, -0.05) is 30.3 Å². The number of aromatic nitrogens is 2. The van der Waals surface area contributed by atoms with E-state index in [0.717, 1.165) is 17.9 Å².